The summed E-state index contributed by atoms with van der Waals surface area (Å²) in [6.45, 7) is 8.67. The Morgan fingerprint density at radius 3 is 2.57 bits per heavy atom. The monoisotopic (exact) mass is 288 g/mol. The summed E-state index contributed by atoms with van der Waals surface area (Å²) < 4.78 is 5.81. The Hall–Kier alpha value is -1.51. The van der Waals surface area contributed by atoms with Crippen LogP contribution in [0.5, 0.6) is 5.75 Å². The zero-order valence-corrected chi connectivity index (χ0v) is 13.3. The second kappa shape index (κ2) is 4.49. The van der Waals surface area contributed by atoms with Gasteiger partial charge in [-0.2, -0.15) is 0 Å². The first kappa shape index (κ1) is 14.4. The highest BCUT2D eigenvalue weighted by Gasteiger charge is 2.62. The molecule has 2 bridgehead atoms. The lowest BCUT2D eigenvalue weighted by Gasteiger charge is -2.38. The van der Waals surface area contributed by atoms with E-state index in [-0.39, 0.29) is 28.7 Å². The molecule has 3 rings (SSSR count). The van der Waals surface area contributed by atoms with Crippen LogP contribution in [0.2, 0.25) is 0 Å². The number of esters is 1. The van der Waals surface area contributed by atoms with Crippen LogP contribution < -0.4 is 0 Å². The van der Waals surface area contributed by atoms with Gasteiger partial charge in [-0.25, -0.2) is 4.79 Å². The van der Waals surface area contributed by atoms with Gasteiger partial charge in [-0.1, -0.05) is 26.8 Å². The van der Waals surface area contributed by atoms with Gasteiger partial charge in [-0.3, -0.25) is 0 Å². The summed E-state index contributed by atoms with van der Waals surface area (Å²) >= 11 is 0. The van der Waals surface area contributed by atoms with E-state index in [1.165, 1.54) is 12.5 Å². The molecule has 1 aromatic carbocycles. The molecule has 3 unspecified atom stereocenters. The van der Waals surface area contributed by atoms with E-state index >= 15 is 0 Å². The number of carbonyl (C=O) groups excluding carboxylic acids is 1. The maximum atomic E-state index is 12.4. The van der Waals surface area contributed by atoms with Gasteiger partial charge >= 0.3 is 5.97 Å². The number of phenols is 1. The minimum atomic E-state index is -0.320. The molecule has 0 aromatic heterocycles. The van der Waals surface area contributed by atoms with Crippen molar-refractivity contribution in [2.75, 3.05) is 0 Å². The largest absolute Gasteiger partial charge is 0.508 e. The summed E-state index contributed by atoms with van der Waals surface area (Å²) in [6, 6.07) is 4.97. The molecule has 2 fully saturated rings. The Morgan fingerprint density at radius 1 is 1.33 bits per heavy atom. The lowest BCUT2D eigenvalue weighted by molar-refractivity contribution is -0.0242. The van der Waals surface area contributed by atoms with Crippen LogP contribution in [-0.4, -0.2) is 17.2 Å². The van der Waals surface area contributed by atoms with E-state index in [1.807, 2.05) is 6.92 Å². The lowest BCUT2D eigenvalue weighted by Crippen LogP contribution is -2.38. The van der Waals surface area contributed by atoms with Crippen molar-refractivity contribution in [1.82, 2.24) is 0 Å². The summed E-state index contributed by atoms with van der Waals surface area (Å²) in [4.78, 5) is 12.4. The van der Waals surface area contributed by atoms with Crippen molar-refractivity contribution in [2.45, 2.75) is 53.1 Å². The standard InChI is InChI=1S/C18H24O3/c1-11-5-6-12(9-14(11)19)16(20)21-15-10-13-7-8-18(15,4)17(13,2)3/h5-6,9,13,15,19H,7-8,10H2,1-4H3. The summed E-state index contributed by atoms with van der Waals surface area (Å²) in [5.41, 5.74) is 1.50. The summed E-state index contributed by atoms with van der Waals surface area (Å²) in [5, 5.41) is 9.74. The van der Waals surface area contributed by atoms with Crippen LogP contribution in [0.3, 0.4) is 0 Å². The SMILES string of the molecule is Cc1ccc(C(=O)OC2CC3CCC2(C)C3(C)C)cc1O. The fourth-order valence-corrected chi connectivity index (χ4v) is 4.24. The van der Waals surface area contributed by atoms with Gasteiger partial charge in [-0.05, 0) is 55.2 Å². The highest BCUT2D eigenvalue weighted by molar-refractivity contribution is 5.90. The van der Waals surface area contributed by atoms with Crippen molar-refractivity contribution >= 4 is 5.97 Å². The Labute approximate surface area is 126 Å². The molecule has 3 heteroatoms. The number of hydrogen-bond acceptors (Lipinski definition) is 3. The van der Waals surface area contributed by atoms with E-state index in [4.69, 9.17) is 4.74 Å². The van der Waals surface area contributed by atoms with Gasteiger partial charge in [0.15, 0.2) is 0 Å². The number of carbonyl (C=O) groups is 1. The van der Waals surface area contributed by atoms with Crippen molar-refractivity contribution in [3.05, 3.63) is 29.3 Å². The van der Waals surface area contributed by atoms with E-state index in [0.717, 1.165) is 18.4 Å². The van der Waals surface area contributed by atoms with Crippen LogP contribution in [0.15, 0.2) is 18.2 Å². The maximum Gasteiger partial charge on any atom is 0.338 e. The van der Waals surface area contributed by atoms with Crippen LogP contribution in [-0.2, 0) is 4.74 Å². The number of aryl methyl sites for hydroxylation is 1. The highest BCUT2D eigenvalue weighted by Crippen LogP contribution is 2.66. The smallest absolute Gasteiger partial charge is 0.338 e. The molecule has 3 nitrogen and oxygen atoms in total. The molecule has 1 aromatic rings. The second-order valence-corrected chi connectivity index (χ2v) is 7.51. The molecule has 0 aliphatic heterocycles. The van der Waals surface area contributed by atoms with E-state index < -0.39 is 0 Å². The highest BCUT2D eigenvalue weighted by atomic mass is 16.5. The van der Waals surface area contributed by atoms with Gasteiger partial charge in [-0.15, -0.1) is 0 Å². The first-order valence-corrected chi connectivity index (χ1v) is 7.76. The van der Waals surface area contributed by atoms with Crippen LogP contribution >= 0.6 is 0 Å². The predicted molar refractivity (Wildman–Crippen MR) is 81.3 cm³/mol. The van der Waals surface area contributed by atoms with Gasteiger partial charge in [0.25, 0.3) is 0 Å². The summed E-state index contributed by atoms with van der Waals surface area (Å²) in [7, 11) is 0. The van der Waals surface area contributed by atoms with Crippen molar-refractivity contribution in [1.29, 1.82) is 0 Å². The van der Waals surface area contributed by atoms with Crippen molar-refractivity contribution in [3.8, 4) is 5.75 Å². The number of hydrogen-bond donors (Lipinski definition) is 1. The van der Waals surface area contributed by atoms with Crippen LogP contribution in [0.25, 0.3) is 0 Å². The molecule has 0 spiro atoms. The topological polar surface area (TPSA) is 46.5 Å². The molecule has 21 heavy (non-hydrogen) atoms. The predicted octanol–water partition coefficient (Wildman–Crippen LogP) is 4.07. The Bertz CT molecular complexity index is 590. The molecule has 0 radical (unpaired) electrons. The molecule has 1 N–H and O–H groups in total. The fraction of sp³-hybridized carbons (Fsp3) is 0.611. The first-order chi connectivity index (χ1) is 9.75. The van der Waals surface area contributed by atoms with E-state index in [0.29, 0.717) is 11.5 Å². The Morgan fingerprint density at radius 2 is 2.05 bits per heavy atom. The van der Waals surface area contributed by atoms with Crippen LogP contribution in [0.4, 0.5) is 0 Å². The summed E-state index contributed by atoms with van der Waals surface area (Å²) in [6.07, 6.45) is 3.32. The molecular weight excluding hydrogens is 264 g/mol. The number of benzene rings is 1. The molecule has 2 aliphatic rings. The zero-order valence-electron chi connectivity index (χ0n) is 13.3. The minimum Gasteiger partial charge on any atom is -0.508 e. The molecule has 114 valence electrons. The molecule has 2 aliphatic carbocycles. The number of phenolic OH excluding ortho intramolecular Hbond substituents is 1. The van der Waals surface area contributed by atoms with Gasteiger partial charge in [0, 0.05) is 5.41 Å². The Balaban J connectivity index is 1.79. The number of rotatable bonds is 2. The second-order valence-electron chi connectivity index (χ2n) is 7.51. The Kier molecular flexibility index (Phi) is 3.09. The third kappa shape index (κ3) is 1.97. The van der Waals surface area contributed by atoms with E-state index in [1.54, 1.807) is 12.1 Å². The first-order valence-electron chi connectivity index (χ1n) is 7.76. The van der Waals surface area contributed by atoms with Crippen LogP contribution in [0, 0.1) is 23.7 Å². The minimum absolute atomic E-state index is 0.0119. The number of aromatic hydroxyl groups is 1. The molecule has 2 saturated carbocycles. The third-order valence-corrected chi connectivity index (χ3v) is 6.41. The van der Waals surface area contributed by atoms with Gasteiger partial charge < -0.3 is 9.84 Å². The zero-order chi connectivity index (χ0) is 15.4. The maximum absolute atomic E-state index is 12.4. The number of fused-ring (bicyclic) bond motifs is 2. The normalized spacial score (nSPS) is 33.1. The molecule has 0 amide bonds. The van der Waals surface area contributed by atoms with Gasteiger partial charge in [0.2, 0.25) is 0 Å². The lowest BCUT2D eigenvalue weighted by atomic mass is 9.70. The van der Waals surface area contributed by atoms with Gasteiger partial charge in [0.05, 0.1) is 5.56 Å². The van der Waals surface area contributed by atoms with Gasteiger partial charge in [0.1, 0.15) is 11.9 Å². The molecule has 3 atom stereocenters. The fourth-order valence-electron chi connectivity index (χ4n) is 4.24. The average Bonchev–Trinajstić information content (AvgIpc) is 2.75. The average molecular weight is 288 g/mol. The van der Waals surface area contributed by atoms with E-state index in [9.17, 15) is 9.90 Å². The van der Waals surface area contributed by atoms with Crippen LogP contribution in [0.1, 0.15) is 56.0 Å². The van der Waals surface area contributed by atoms with E-state index in [2.05, 4.69) is 20.8 Å². The van der Waals surface area contributed by atoms with Crippen molar-refractivity contribution in [2.24, 2.45) is 16.7 Å². The molecule has 0 saturated heterocycles. The quantitative estimate of drug-likeness (QED) is 0.834. The van der Waals surface area contributed by atoms with Crippen molar-refractivity contribution in [3.63, 3.8) is 0 Å². The third-order valence-electron chi connectivity index (χ3n) is 6.41. The van der Waals surface area contributed by atoms with Crippen molar-refractivity contribution < 1.29 is 14.6 Å². The molecule has 0 heterocycles. The summed E-state index contributed by atoms with van der Waals surface area (Å²) in [5.74, 6) is 0.468. The molecular formula is C18H24O3. The number of ether oxygens (including phenoxy) is 1.